The van der Waals surface area contributed by atoms with Gasteiger partial charge in [0, 0.05) is 19.7 Å². The molecule has 7 heteroatoms. The molecule has 1 amide bonds. The summed E-state index contributed by atoms with van der Waals surface area (Å²) in [4.78, 5) is 17.1. The van der Waals surface area contributed by atoms with Crippen molar-refractivity contribution < 1.29 is 13.9 Å². The van der Waals surface area contributed by atoms with E-state index in [0.717, 1.165) is 0 Å². The number of hydrogen-bond acceptors (Lipinski definition) is 6. The van der Waals surface area contributed by atoms with Gasteiger partial charge in [0.1, 0.15) is 6.26 Å². The van der Waals surface area contributed by atoms with Gasteiger partial charge in [-0.2, -0.15) is 5.26 Å². The summed E-state index contributed by atoms with van der Waals surface area (Å²) in [5, 5.41) is 11.8. The van der Waals surface area contributed by atoms with Gasteiger partial charge in [-0.15, -0.1) is 0 Å². The minimum Gasteiger partial charge on any atom is -0.441 e. The number of ether oxygens (including phenoxy) is 1. The average molecular weight is 250 g/mol. The van der Waals surface area contributed by atoms with Crippen molar-refractivity contribution in [1.29, 1.82) is 5.26 Å². The summed E-state index contributed by atoms with van der Waals surface area (Å²) in [5.74, 6) is -0.324. The number of methoxy groups -OCH3 is 1. The molecule has 1 N–H and O–H groups in total. The van der Waals surface area contributed by atoms with E-state index in [9.17, 15) is 4.79 Å². The highest BCUT2D eigenvalue weighted by molar-refractivity contribution is 5.89. The Bertz CT molecular complexity index is 440. The molecular formula is C11H14N4O3. The van der Waals surface area contributed by atoms with E-state index in [1.807, 2.05) is 0 Å². The topological polar surface area (TPSA) is 91.4 Å². The van der Waals surface area contributed by atoms with E-state index in [1.165, 1.54) is 12.5 Å². The molecule has 1 aromatic heterocycles. The maximum Gasteiger partial charge on any atom is 0.307 e. The maximum absolute atomic E-state index is 11.7. The van der Waals surface area contributed by atoms with Crippen LogP contribution in [0.15, 0.2) is 16.9 Å². The first kappa shape index (κ1) is 12.4. The van der Waals surface area contributed by atoms with Crippen molar-refractivity contribution in [3.63, 3.8) is 0 Å². The monoisotopic (exact) mass is 250 g/mol. The summed E-state index contributed by atoms with van der Waals surface area (Å²) in [6.45, 7) is 0.954. The first-order valence-electron chi connectivity index (χ1n) is 5.60. The highest BCUT2D eigenvalue weighted by atomic mass is 16.5. The highest BCUT2D eigenvalue weighted by Gasteiger charge is 2.33. The number of carbonyl (C=O) groups is 1. The molecule has 0 radical (unpaired) electrons. The van der Waals surface area contributed by atoms with Crippen molar-refractivity contribution in [1.82, 2.24) is 15.2 Å². The second-order valence-corrected chi connectivity index (χ2v) is 4.10. The number of likely N-dealkylation sites (tertiary alicyclic amines) is 1. The minimum atomic E-state index is -0.360. The second-order valence-electron chi connectivity index (χ2n) is 4.10. The number of oxazole rings is 1. The quantitative estimate of drug-likeness (QED) is 0.755. The van der Waals surface area contributed by atoms with Crippen LogP contribution in [0.1, 0.15) is 17.1 Å². The van der Waals surface area contributed by atoms with Crippen LogP contribution in [0.2, 0.25) is 0 Å². The van der Waals surface area contributed by atoms with Gasteiger partial charge in [-0.1, -0.05) is 0 Å². The normalized spacial score (nSPS) is 22.8. The van der Waals surface area contributed by atoms with Crippen LogP contribution < -0.4 is 5.32 Å². The van der Waals surface area contributed by atoms with E-state index in [4.69, 9.17) is 14.4 Å². The minimum absolute atomic E-state index is 0.00913. The van der Waals surface area contributed by atoms with Crippen LogP contribution >= 0.6 is 0 Å². The van der Waals surface area contributed by atoms with Crippen molar-refractivity contribution in [3.8, 4) is 6.19 Å². The lowest BCUT2D eigenvalue weighted by atomic mass is 10.2. The Kier molecular flexibility index (Phi) is 3.79. The molecule has 2 atom stereocenters. The molecule has 0 saturated carbocycles. The number of carbonyl (C=O) groups excluding carboxylic acids is 1. The third-order valence-electron chi connectivity index (χ3n) is 2.86. The Labute approximate surface area is 104 Å². The fraction of sp³-hybridized carbons (Fsp3) is 0.545. The molecule has 1 fully saturated rings. The van der Waals surface area contributed by atoms with Crippen molar-refractivity contribution in [3.05, 3.63) is 18.4 Å². The van der Waals surface area contributed by atoms with Gasteiger partial charge in [0.25, 0.3) is 5.89 Å². The van der Waals surface area contributed by atoms with Crippen LogP contribution in [-0.4, -0.2) is 48.1 Å². The Hall–Kier alpha value is -2.07. The number of nitriles is 1. The predicted molar refractivity (Wildman–Crippen MR) is 60.4 cm³/mol. The zero-order valence-electron chi connectivity index (χ0n) is 10.00. The second kappa shape index (κ2) is 5.51. The Morgan fingerprint density at radius 3 is 3.28 bits per heavy atom. The Morgan fingerprint density at radius 1 is 1.83 bits per heavy atom. The lowest BCUT2D eigenvalue weighted by Gasteiger charge is -2.15. The molecule has 0 aromatic carbocycles. The van der Waals surface area contributed by atoms with Crippen LogP contribution in [0.25, 0.3) is 0 Å². The summed E-state index contributed by atoms with van der Waals surface area (Å²) >= 11 is 0. The smallest absolute Gasteiger partial charge is 0.307 e. The molecule has 1 aliphatic rings. The van der Waals surface area contributed by atoms with Crippen LogP contribution in [0.4, 0.5) is 0 Å². The molecule has 0 unspecified atom stereocenters. The highest BCUT2D eigenvalue weighted by Crippen LogP contribution is 2.17. The van der Waals surface area contributed by atoms with E-state index in [-0.39, 0.29) is 23.9 Å². The SMILES string of the molecule is COC[C@H]1C[C@@H](NC(=O)c2ncco2)CN1C#N. The molecule has 1 aromatic rings. The van der Waals surface area contributed by atoms with E-state index < -0.39 is 0 Å². The van der Waals surface area contributed by atoms with Gasteiger partial charge in [-0.3, -0.25) is 4.79 Å². The zero-order valence-corrected chi connectivity index (χ0v) is 10.00. The molecule has 7 nitrogen and oxygen atoms in total. The van der Waals surface area contributed by atoms with Crippen molar-refractivity contribution in [2.24, 2.45) is 0 Å². The number of aromatic nitrogens is 1. The molecule has 96 valence electrons. The molecule has 0 aliphatic carbocycles. The van der Waals surface area contributed by atoms with Crippen LogP contribution in [0.3, 0.4) is 0 Å². The molecule has 1 aliphatic heterocycles. The van der Waals surface area contributed by atoms with Crippen molar-refractivity contribution in [2.75, 3.05) is 20.3 Å². The van der Waals surface area contributed by atoms with Crippen LogP contribution in [0, 0.1) is 11.5 Å². The van der Waals surface area contributed by atoms with E-state index in [2.05, 4.69) is 16.5 Å². The van der Waals surface area contributed by atoms with E-state index in [1.54, 1.807) is 12.0 Å². The first-order chi connectivity index (χ1) is 8.74. The number of rotatable bonds is 4. The number of nitrogens with zero attached hydrogens (tertiary/aromatic N) is 3. The summed E-state index contributed by atoms with van der Waals surface area (Å²) in [7, 11) is 1.59. The molecule has 0 bridgehead atoms. The van der Waals surface area contributed by atoms with Gasteiger partial charge >= 0.3 is 5.91 Å². The predicted octanol–water partition coefficient (Wildman–Crippen LogP) is -0.0252. The lowest BCUT2D eigenvalue weighted by molar-refractivity contribution is 0.0903. The Morgan fingerprint density at radius 2 is 2.67 bits per heavy atom. The first-order valence-corrected chi connectivity index (χ1v) is 5.60. The zero-order chi connectivity index (χ0) is 13.0. The fourth-order valence-electron chi connectivity index (χ4n) is 2.08. The number of hydrogen-bond donors (Lipinski definition) is 1. The third-order valence-corrected chi connectivity index (χ3v) is 2.86. The van der Waals surface area contributed by atoms with Gasteiger partial charge in [0.05, 0.1) is 18.8 Å². The van der Waals surface area contributed by atoms with Gasteiger partial charge in [0.2, 0.25) is 0 Å². The third kappa shape index (κ3) is 2.60. The largest absolute Gasteiger partial charge is 0.441 e. The average Bonchev–Trinajstić information content (AvgIpc) is 2.98. The molecule has 0 spiro atoms. The van der Waals surface area contributed by atoms with Gasteiger partial charge in [0.15, 0.2) is 6.19 Å². The van der Waals surface area contributed by atoms with Crippen LogP contribution in [0.5, 0.6) is 0 Å². The summed E-state index contributed by atoms with van der Waals surface area (Å²) in [6, 6.07) is -0.0842. The van der Waals surface area contributed by atoms with Gasteiger partial charge in [-0.05, 0) is 6.42 Å². The Balaban J connectivity index is 1.92. The van der Waals surface area contributed by atoms with E-state index >= 15 is 0 Å². The van der Waals surface area contributed by atoms with Gasteiger partial charge in [-0.25, -0.2) is 4.98 Å². The standard InChI is InChI=1S/C11H14N4O3/c1-17-6-9-4-8(5-15(9)7-12)14-10(16)11-13-2-3-18-11/h2-3,8-9H,4-6H2,1H3,(H,14,16)/t8-,9-/m1/s1. The number of nitrogens with one attached hydrogen (secondary N) is 1. The molecule has 2 rings (SSSR count). The summed E-state index contributed by atoms with van der Waals surface area (Å²) in [6.07, 6.45) is 5.54. The van der Waals surface area contributed by atoms with E-state index in [0.29, 0.717) is 19.6 Å². The van der Waals surface area contributed by atoms with Crippen molar-refractivity contribution >= 4 is 5.91 Å². The van der Waals surface area contributed by atoms with Gasteiger partial charge < -0.3 is 19.4 Å². The van der Waals surface area contributed by atoms with Crippen molar-refractivity contribution in [2.45, 2.75) is 18.5 Å². The summed E-state index contributed by atoms with van der Waals surface area (Å²) in [5.41, 5.74) is 0. The molecule has 1 saturated heterocycles. The molecule has 2 heterocycles. The maximum atomic E-state index is 11.7. The molecule has 18 heavy (non-hydrogen) atoms. The lowest BCUT2D eigenvalue weighted by Crippen LogP contribution is -2.36. The number of amides is 1. The van der Waals surface area contributed by atoms with Crippen LogP contribution in [-0.2, 0) is 4.74 Å². The fourth-order valence-corrected chi connectivity index (χ4v) is 2.08. The summed E-state index contributed by atoms with van der Waals surface area (Å²) < 4.78 is 9.95. The molecular weight excluding hydrogens is 236 g/mol.